The van der Waals surface area contributed by atoms with Crippen LogP contribution in [0.4, 0.5) is 0 Å². The fourth-order valence-electron chi connectivity index (χ4n) is 3.81. The van der Waals surface area contributed by atoms with Crippen LogP contribution in [0.1, 0.15) is 48.8 Å². The summed E-state index contributed by atoms with van der Waals surface area (Å²) in [6, 6.07) is -0.189. The predicted octanol–water partition coefficient (Wildman–Crippen LogP) is 0.437. The molecule has 9 nitrogen and oxygen atoms in total. The van der Waals surface area contributed by atoms with E-state index in [0.717, 1.165) is 12.1 Å². The van der Waals surface area contributed by atoms with Gasteiger partial charge in [0.05, 0.1) is 30.6 Å². The van der Waals surface area contributed by atoms with Crippen molar-refractivity contribution in [2.45, 2.75) is 51.7 Å². The van der Waals surface area contributed by atoms with Crippen LogP contribution in [0.25, 0.3) is 0 Å². The molecule has 0 aromatic carbocycles. The fraction of sp³-hybridized carbons (Fsp3) is 0.650. The molecule has 29 heavy (non-hydrogen) atoms. The first-order valence-corrected chi connectivity index (χ1v) is 10.2. The summed E-state index contributed by atoms with van der Waals surface area (Å²) in [5.74, 6) is -0.609. The standard InChI is InChI=1S/C20H29N5O4/c1-3-8-29-17-9-14(20(28)25-7-6-21-18(26)12-25)4-5-15(17)24-19(27)16-11-22-13(2)10-23-16/h10-11,14-15,17H,3-9,12H2,1-2H3,(H,21,26)(H,24,27)/t14-,15-,17-/m0/s1. The molecule has 1 aliphatic carbocycles. The molecule has 0 bridgehead atoms. The van der Waals surface area contributed by atoms with Gasteiger partial charge in [-0.1, -0.05) is 6.92 Å². The average Bonchev–Trinajstić information content (AvgIpc) is 2.73. The Morgan fingerprint density at radius 1 is 1.31 bits per heavy atom. The van der Waals surface area contributed by atoms with Crippen LogP contribution in [0.5, 0.6) is 0 Å². The second-order valence-corrected chi connectivity index (χ2v) is 7.65. The zero-order chi connectivity index (χ0) is 20.8. The Balaban J connectivity index is 1.63. The van der Waals surface area contributed by atoms with Gasteiger partial charge in [-0.2, -0.15) is 0 Å². The SMILES string of the molecule is CCCO[C@H]1C[C@@H](C(=O)N2CCNC(=O)C2)CC[C@@H]1NC(=O)c1cnc(C)cn1. The van der Waals surface area contributed by atoms with Crippen molar-refractivity contribution in [3.05, 3.63) is 23.8 Å². The van der Waals surface area contributed by atoms with Gasteiger partial charge in [-0.3, -0.25) is 19.4 Å². The molecule has 2 heterocycles. The van der Waals surface area contributed by atoms with Gasteiger partial charge in [-0.25, -0.2) is 4.98 Å². The van der Waals surface area contributed by atoms with E-state index in [4.69, 9.17) is 4.74 Å². The maximum Gasteiger partial charge on any atom is 0.271 e. The zero-order valence-electron chi connectivity index (χ0n) is 17.0. The monoisotopic (exact) mass is 403 g/mol. The lowest BCUT2D eigenvalue weighted by molar-refractivity contribution is -0.144. The molecule has 1 aromatic rings. The van der Waals surface area contributed by atoms with Crippen LogP contribution in [0, 0.1) is 12.8 Å². The van der Waals surface area contributed by atoms with Crippen molar-refractivity contribution in [3.63, 3.8) is 0 Å². The fourth-order valence-corrected chi connectivity index (χ4v) is 3.81. The minimum Gasteiger partial charge on any atom is -0.376 e. The van der Waals surface area contributed by atoms with Crippen LogP contribution in [-0.2, 0) is 14.3 Å². The van der Waals surface area contributed by atoms with Gasteiger partial charge in [0, 0.05) is 31.8 Å². The summed E-state index contributed by atoms with van der Waals surface area (Å²) >= 11 is 0. The lowest BCUT2D eigenvalue weighted by atomic mass is 9.82. The molecule has 2 aliphatic rings. The van der Waals surface area contributed by atoms with Gasteiger partial charge in [0.1, 0.15) is 5.69 Å². The Hall–Kier alpha value is -2.55. The number of aryl methyl sites for hydroxylation is 1. The van der Waals surface area contributed by atoms with Gasteiger partial charge in [0.2, 0.25) is 11.8 Å². The van der Waals surface area contributed by atoms with Gasteiger partial charge >= 0.3 is 0 Å². The van der Waals surface area contributed by atoms with E-state index in [1.165, 1.54) is 6.20 Å². The lowest BCUT2D eigenvalue weighted by Gasteiger charge is -2.38. The quantitative estimate of drug-likeness (QED) is 0.712. The highest BCUT2D eigenvalue weighted by Gasteiger charge is 2.38. The van der Waals surface area contributed by atoms with Crippen molar-refractivity contribution in [1.82, 2.24) is 25.5 Å². The highest BCUT2D eigenvalue weighted by atomic mass is 16.5. The van der Waals surface area contributed by atoms with Crippen molar-refractivity contribution in [1.29, 1.82) is 0 Å². The highest BCUT2D eigenvalue weighted by molar-refractivity contribution is 5.92. The summed E-state index contributed by atoms with van der Waals surface area (Å²) in [4.78, 5) is 46.9. The molecule has 2 fully saturated rings. The Labute approximate surface area is 170 Å². The van der Waals surface area contributed by atoms with Crippen LogP contribution in [0.2, 0.25) is 0 Å². The maximum atomic E-state index is 12.9. The molecule has 158 valence electrons. The summed E-state index contributed by atoms with van der Waals surface area (Å²) in [6.07, 6.45) is 5.43. The largest absolute Gasteiger partial charge is 0.376 e. The molecule has 3 atom stereocenters. The summed E-state index contributed by atoms with van der Waals surface area (Å²) in [7, 11) is 0. The third kappa shape index (κ3) is 5.50. The zero-order valence-corrected chi connectivity index (χ0v) is 17.0. The Morgan fingerprint density at radius 3 is 2.83 bits per heavy atom. The van der Waals surface area contributed by atoms with Crippen molar-refractivity contribution < 1.29 is 19.1 Å². The minimum absolute atomic E-state index is 0.000809. The smallest absolute Gasteiger partial charge is 0.271 e. The second kappa shape index (κ2) is 9.78. The topological polar surface area (TPSA) is 114 Å². The molecule has 1 aromatic heterocycles. The number of carbonyl (C=O) groups excluding carboxylic acids is 3. The number of rotatable bonds is 6. The van der Waals surface area contributed by atoms with E-state index in [1.807, 2.05) is 13.8 Å². The summed E-state index contributed by atoms with van der Waals surface area (Å²) in [6.45, 7) is 5.54. The molecule has 3 rings (SSSR count). The average molecular weight is 403 g/mol. The Kier molecular flexibility index (Phi) is 7.13. The molecule has 1 saturated heterocycles. The third-order valence-corrected chi connectivity index (χ3v) is 5.36. The van der Waals surface area contributed by atoms with Crippen LogP contribution in [0.3, 0.4) is 0 Å². The van der Waals surface area contributed by atoms with E-state index < -0.39 is 0 Å². The van der Waals surface area contributed by atoms with Gasteiger partial charge in [0.15, 0.2) is 0 Å². The molecule has 9 heteroatoms. The Bertz CT molecular complexity index is 739. The van der Waals surface area contributed by atoms with E-state index in [-0.39, 0.29) is 48.0 Å². The maximum absolute atomic E-state index is 12.9. The number of ether oxygens (including phenoxy) is 1. The van der Waals surface area contributed by atoms with Crippen LogP contribution in [0.15, 0.2) is 12.4 Å². The lowest BCUT2D eigenvalue weighted by Crippen LogP contribution is -2.54. The molecular weight excluding hydrogens is 374 g/mol. The third-order valence-electron chi connectivity index (χ3n) is 5.36. The van der Waals surface area contributed by atoms with Gasteiger partial charge < -0.3 is 20.3 Å². The van der Waals surface area contributed by atoms with E-state index >= 15 is 0 Å². The normalized spacial score (nSPS) is 24.7. The van der Waals surface area contributed by atoms with E-state index in [2.05, 4.69) is 20.6 Å². The van der Waals surface area contributed by atoms with Crippen LogP contribution >= 0.6 is 0 Å². The predicted molar refractivity (Wildman–Crippen MR) is 105 cm³/mol. The highest BCUT2D eigenvalue weighted by Crippen LogP contribution is 2.29. The first-order valence-electron chi connectivity index (χ1n) is 10.2. The minimum atomic E-state index is -0.287. The summed E-state index contributed by atoms with van der Waals surface area (Å²) < 4.78 is 5.99. The van der Waals surface area contributed by atoms with Gasteiger partial charge in [-0.05, 0) is 32.6 Å². The number of carbonyl (C=O) groups is 3. The van der Waals surface area contributed by atoms with E-state index in [0.29, 0.717) is 39.0 Å². The van der Waals surface area contributed by atoms with Gasteiger partial charge in [0.25, 0.3) is 5.91 Å². The van der Waals surface area contributed by atoms with Crippen molar-refractivity contribution >= 4 is 17.7 Å². The first kappa shape index (κ1) is 21.2. The van der Waals surface area contributed by atoms with Crippen molar-refractivity contribution in [2.75, 3.05) is 26.2 Å². The van der Waals surface area contributed by atoms with Crippen molar-refractivity contribution in [2.24, 2.45) is 5.92 Å². The molecule has 2 N–H and O–H groups in total. The number of amides is 3. The van der Waals surface area contributed by atoms with Crippen molar-refractivity contribution in [3.8, 4) is 0 Å². The number of hydrogen-bond donors (Lipinski definition) is 2. The first-order chi connectivity index (χ1) is 14.0. The second-order valence-electron chi connectivity index (χ2n) is 7.65. The number of nitrogens with one attached hydrogen (secondary N) is 2. The molecule has 0 unspecified atom stereocenters. The summed E-state index contributed by atoms with van der Waals surface area (Å²) in [5.41, 5.74) is 1.01. The van der Waals surface area contributed by atoms with Crippen LogP contribution in [-0.4, -0.2) is 71.0 Å². The number of nitrogens with zero attached hydrogens (tertiary/aromatic N) is 3. The van der Waals surface area contributed by atoms with Gasteiger partial charge in [-0.15, -0.1) is 0 Å². The molecule has 1 aliphatic heterocycles. The van der Waals surface area contributed by atoms with E-state index in [1.54, 1.807) is 11.1 Å². The molecule has 1 saturated carbocycles. The number of hydrogen-bond acceptors (Lipinski definition) is 6. The molecular formula is C20H29N5O4. The molecule has 0 radical (unpaired) electrons. The Morgan fingerprint density at radius 2 is 2.14 bits per heavy atom. The molecule has 0 spiro atoms. The van der Waals surface area contributed by atoms with E-state index in [9.17, 15) is 14.4 Å². The number of aromatic nitrogens is 2. The number of piperazine rings is 1. The molecule has 3 amide bonds. The van der Waals surface area contributed by atoms with Crippen LogP contribution < -0.4 is 10.6 Å². The summed E-state index contributed by atoms with van der Waals surface area (Å²) in [5, 5.41) is 5.74.